The monoisotopic (exact) mass is 371 g/mol. The molecule has 1 aliphatic rings. The van der Waals surface area contributed by atoms with E-state index in [0.717, 1.165) is 36.5 Å². The summed E-state index contributed by atoms with van der Waals surface area (Å²) in [4.78, 5) is 33.9. The molecule has 2 aromatic rings. The normalized spacial score (nSPS) is 17.4. The molecule has 1 aliphatic heterocycles. The molecule has 0 bridgehead atoms. The van der Waals surface area contributed by atoms with Crippen LogP contribution in [0.3, 0.4) is 0 Å². The van der Waals surface area contributed by atoms with Gasteiger partial charge < -0.3 is 4.90 Å². The number of carbonyl (C=O) groups is 1. The first-order valence-corrected chi connectivity index (χ1v) is 9.68. The second kappa shape index (κ2) is 7.66. The summed E-state index contributed by atoms with van der Waals surface area (Å²) >= 11 is 0. The number of aromatic amines is 1. The van der Waals surface area contributed by atoms with Gasteiger partial charge >= 0.3 is 0 Å². The highest BCUT2D eigenvalue weighted by Gasteiger charge is 2.22. The van der Waals surface area contributed by atoms with Crippen LogP contribution in [0.15, 0.2) is 4.79 Å². The highest BCUT2D eigenvalue weighted by molar-refractivity contribution is 5.76. The molecule has 3 heterocycles. The zero-order valence-electron chi connectivity index (χ0n) is 16.9. The molecule has 1 N–H and O–H groups in total. The first-order valence-electron chi connectivity index (χ1n) is 9.68. The lowest BCUT2D eigenvalue weighted by Crippen LogP contribution is -2.39. The third-order valence-corrected chi connectivity index (χ3v) is 5.62. The van der Waals surface area contributed by atoms with Gasteiger partial charge in [-0.3, -0.25) is 14.6 Å². The molecule has 7 nitrogen and oxygen atoms in total. The number of likely N-dealkylation sites (tertiary alicyclic amines) is 1. The van der Waals surface area contributed by atoms with E-state index < -0.39 is 0 Å². The maximum atomic E-state index is 12.6. The van der Waals surface area contributed by atoms with Crippen molar-refractivity contribution in [2.24, 2.45) is 5.92 Å². The summed E-state index contributed by atoms with van der Waals surface area (Å²) in [5.74, 6) is 1.22. The van der Waals surface area contributed by atoms with Crippen LogP contribution < -0.4 is 5.56 Å². The average molecular weight is 371 g/mol. The largest absolute Gasteiger partial charge is 0.342 e. The molecule has 146 valence electrons. The van der Waals surface area contributed by atoms with Crippen molar-refractivity contribution in [1.82, 2.24) is 24.6 Å². The van der Waals surface area contributed by atoms with Crippen LogP contribution in [-0.4, -0.2) is 43.6 Å². The van der Waals surface area contributed by atoms with Crippen LogP contribution in [0.25, 0.3) is 5.95 Å². The van der Waals surface area contributed by atoms with Crippen molar-refractivity contribution in [2.75, 3.05) is 13.1 Å². The van der Waals surface area contributed by atoms with E-state index in [2.05, 4.69) is 22.0 Å². The number of H-pyrrole nitrogens is 1. The second-order valence-corrected chi connectivity index (χ2v) is 7.75. The Hall–Kier alpha value is -2.44. The van der Waals surface area contributed by atoms with Crippen molar-refractivity contribution in [3.8, 4) is 5.95 Å². The fraction of sp³-hybridized carbons (Fsp3) is 0.600. The van der Waals surface area contributed by atoms with Crippen molar-refractivity contribution in [2.45, 2.75) is 60.3 Å². The van der Waals surface area contributed by atoms with Gasteiger partial charge in [-0.25, -0.2) is 9.67 Å². The number of nitrogens with zero attached hydrogens (tertiary/aromatic N) is 4. The highest BCUT2D eigenvalue weighted by Crippen LogP contribution is 2.20. The standard InChI is InChI=1S/C20H29N5O2/c1-12-7-6-10-24(11-12)18(26)9-8-17-15(4)23-25(16(17)5)20-21-14(3)13(2)19(27)22-20/h12H,6-11H2,1-5H3,(H,21,22,27)/t12-/m1/s1. The fourth-order valence-corrected chi connectivity index (χ4v) is 3.78. The smallest absolute Gasteiger partial charge is 0.255 e. The minimum absolute atomic E-state index is 0.152. The number of hydrogen-bond acceptors (Lipinski definition) is 4. The van der Waals surface area contributed by atoms with Gasteiger partial charge in [0.25, 0.3) is 5.56 Å². The lowest BCUT2D eigenvalue weighted by Gasteiger charge is -2.31. The van der Waals surface area contributed by atoms with Gasteiger partial charge in [-0.05, 0) is 58.4 Å². The minimum atomic E-state index is -0.152. The van der Waals surface area contributed by atoms with E-state index in [1.54, 1.807) is 11.6 Å². The SMILES string of the molecule is Cc1nn(-c2nc(C)c(C)c(=O)[nH]2)c(C)c1CCC(=O)N1CCC[C@@H](C)C1. The van der Waals surface area contributed by atoms with E-state index >= 15 is 0 Å². The first-order chi connectivity index (χ1) is 12.8. The van der Waals surface area contributed by atoms with Crippen molar-refractivity contribution in [3.05, 3.63) is 38.6 Å². The van der Waals surface area contributed by atoms with E-state index in [-0.39, 0.29) is 11.5 Å². The topological polar surface area (TPSA) is 83.9 Å². The van der Waals surface area contributed by atoms with Gasteiger partial charge in [0, 0.05) is 36.5 Å². The van der Waals surface area contributed by atoms with Crippen molar-refractivity contribution < 1.29 is 4.79 Å². The van der Waals surface area contributed by atoms with Gasteiger partial charge in [-0.2, -0.15) is 5.10 Å². The van der Waals surface area contributed by atoms with Gasteiger partial charge in [0.05, 0.1) is 5.69 Å². The van der Waals surface area contributed by atoms with Gasteiger partial charge in [-0.15, -0.1) is 0 Å². The maximum absolute atomic E-state index is 12.6. The predicted octanol–water partition coefficient (Wildman–Crippen LogP) is 2.38. The van der Waals surface area contributed by atoms with Gasteiger partial charge in [0.2, 0.25) is 11.9 Å². The van der Waals surface area contributed by atoms with Crippen LogP contribution in [0, 0.1) is 33.6 Å². The van der Waals surface area contributed by atoms with Crippen LogP contribution in [0.2, 0.25) is 0 Å². The van der Waals surface area contributed by atoms with Crippen LogP contribution in [0.4, 0.5) is 0 Å². The molecule has 1 amide bonds. The van der Waals surface area contributed by atoms with Crippen molar-refractivity contribution in [1.29, 1.82) is 0 Å². The molecule has 2 aromatic heterocycles. The Morgan fingerprint density at radius 3 is 2.63 bits per heavy atom. The van der Waals surface area contributed by atoms with E-state index in [9.17, 15) is 9.59 Å². The molecule has 1 fully saturated rings. The lowest BCUT2D eigenvalue weighted by molar-refractivity contribution is -0.132. The Bertz CT molecular complexity index is 912. The number of carbonyl (C=O) groups excluding carboxylic acids is 1. The zero-order chi connectivity index (χ0) is 19.7. The maximum Gasteiger partial charge on any atom is 0.255 e. The molecule has 27 heavy (non-hydrogen) atoms. The van der Waals surface area contributed by atoms with Crippen LogP contribution >= 0.6 is 0 Å². The highest BCUT2D eigenvalue weighted by atomic mass is 16.2. The van der Waals surface area contributed by atoms with Crippen molar-refractivity contribution in [3.63, 3.8) is 0 Å². The number of piperidine rings is 1. The predicted molar refractivity (Wildman–Crippen MR) is 104 cm³/mol. The van der Waals surface area contributed by atoms with Crippen LogP contribution in [0.1, 0.15) is 54.4 Å². The molecular formula is C20H29N5O2. The minimum Gasteiger partial charge on any atom is -0.342 e. The van der Waals surface area contributed by atoms with Gasteiger partial charge in [0.15, 0.2) is 0 Å². The number of aromatic nitrogens is 4. The van der Waals surface area contributed by atoms with E-state index in [1.807, 2.05) is 25.7 Å². The Morgan fingerprint density at radius 2 is 1.96 bits per heavy atom. The summed E-state index contributed by atoms with van der Waals surface area (Å²) in [6.45, 7) is 11.4. The fourth-order valence-electron chi connectivity index (χ4n) is 3.78. The number of rotatable bonds is 4. The van der Waals surface area contributed by atoms with Crippen LogP contribution in [0.5, 0.6) is 0 Å². The third-order valence-electron chi connectivity index (χ3n) is 5.62. The summed E-state index contributed by atoms with van der Waals surface area (Å²) in [5, 5.41) is 4.55. The quantitative estimate of drug-likeness (QED) is 0.894. The molecule has 1 saturated heterocycles. The summed E-state index contributed by atoms with van der Waals surface area (Å²) in [6, 6.07) is 0. The second-order valence-electron chi connectivity index (χ2n) is 7.75. The summed E-state index contributed by atoms with van der Waals surface area (Å²) < 4.78 is 1.67. The van der Waals surface area contributed by atoms with E-state index in [0.29, 0.717) is 36.0 Å². The molecular weight excluding hydrogens is 342 g/mol. The summed E-state index contributed by atoms with van der Waals surface area (Å²) in [5.41, 5.74) is 3.99. The Balaban J connectivity index is 1.78. The third kappa shape index (κ3) is 3.96. The molecule has 0 aliphatic carbocycles. The van der Waals surface area contributed by atoms with E-state index in [1.165, 1.54) is 6.42 Å². The molecule has 0 saturated carbocycles. The average Bonchev–Trinajstić information content (AvgIpc) is 2.91. The van der Waals surface area contributed by atoms with Crippen LogP contribution in [-0.2, 0) is 11.2 Å². The van der Waals surface area contributed by atoms with E-state index in [4.69, 9.17) is 0 Å². The summed E-state index contributed by atoms with van der Waals surface area (Å²) in [6.07, 6.45) is 3.43. The molecule has 3 rings (SSSR count). The van der Waals surface area contributed by atoms with Gasteiger partial charge in [0.1, 0.15) is 0 Å². The first kappa shape index (κ1) is 19.3. The molecule has 1 atom stereocenters. The molecule has 0 aromatic carbocycles. The molecule has 0 unspecified atom stereocenters. The molecule has 0 spiro atoms. The Labute approximate surface area is 159 Å². The number of nitrogens with one attached hydrogen (secondary N) is 1. The zero-order valence-corrected chi connectivity index (χ0v) is 16.9. The number of aryl methyl sites for hydroxylation is 2. The van der Waals surface area contributed by atoms with Crippen molar-refractivity contribution >= 4 is 5.91 Å². The molecule has 0 radical (unpaired) electrons. The Morgan fingerprint density at radius 1 is 1.22 bits per heavy atom. The van der Waals surface area contributed by atoms with Gasteiger partial charge in [-0.1, -0.05) is 6.92 Å². The number of amides is 1. The lowest BCUT2D eigenvalue weighted by atomic mass is 9.99. The Kier molecular flexibility index (Phi) is 5.48. The number of hydrogen-bond donors (Lipinski definition) is 1. The summed E-state index contributed by atoms with van der Waals surface area (Å²) in [7, 11) is 0. The molecule has 7 heteroatoms.